The molecule has 0 aliphatic carbocycles. The predicted octanol–water partition coefficient (Wildman–Crippen LogP) is 1.57. The highest BCUT2D eigenvalue weighted by atomic mass is 16.5. The topological polar surface area (TPSA) is 25.8 Å². The summed E-state index contributed by atoms with van der Waals surface area (Å²) in [6, 6.07) is 4.32. The van der Waals surface area contributed by atoms with Gasteiger partial charge in [-0.3, -0.25) is 0 Å². The van der Waals surface area contributed by atoms with E-state index in [2.05, 4.69) is 45.3 Å². The zero-order valence-corrected chi connectivity index (χ0v) is 10.3. The average Bonchev–Trinajstić information content (AvgIpc) is 2.19. The largest absolute Gasteiger partial charge is 0.493 e. The molecule has 0 aliphatic rings. The van der Waals surface area contributed by atoms with E-state index >= 15 is 0 Å². The zero-order chi connectivity index (χ0) is 11.3. The summed E-state index contributed by atoms with van der Waals surface area (Å²) >= 11 is 0. The first-order chi connectivity index (χ1) is 7.15. The van der Waals surface area contributed by atoms with Crippen LogP contribution in [0.5, 0.6) is 5.75 Å². The quantitative estimate of drug-likeness (QED) is 0.730. The molecule has 0 bridgehead atoms. The molecular weight excluding hydrogens is 186 g/mol. The molecule has 2 nitrogen and oxygen atoms in total. The van der Waals surface area contributed by atoms with Gasteiger partial charge in [-0.15, -0.1) is 0 Å². The van der Waals surface area contributed by atoms with Gasteiger partial charge in [0.25, 0.3) is 0 Å². The second-order valence-electron chi connectivity index (χ2n) is 4.10. The van der Waals surface area contributed by atoms with Crippen molar-refractivity contribution in [2.75, 3.05) is 20.2 Å². The first-order valence-corrected chi connectivity index (χ1v) is 5.63. The summed E-state index contributed by atoms with van der Waals surface area (Å²) in [5, 5.41) is 2.18. The van der Waals surface area contributed by atoms with Crippen molar-refractivity contribution in [2.45, 2.75) is 27.2 Å². The fourth-order valence-electron chi connectivity index (χ4n) is 1.62. The Labute approximate surface area is 92.6 Å². The molecule has 0 atom stereocenters. The van der Waals surface area contributed by atoms with Crippen LogP contribution in [-0.2, 0) is 0 Å². The van der Waals surface area contributed by atoms with E-state index in [1.54, 1.807) is 0 Å². The second-order valence-corrected chi connectivity index (χ2v) is 4.10. The minimum Gasteiger partial charge on any atom is -0.493 e. The van der Waals surface area contributed by atoms with Crippen molar-refractivity contribution < 1.29 is 10.1 Å². The molecular formula is C13H22NO+. The number of hydrogen-bond donors (Lipinski definition) is 1. The van der Waals surface area contributed by atoms with E-state index in [1.807, 2.05) is 0 Å². The molecule has 1 rings (SSSR count). The molecule has 2 N–H and O–H groups in total. The lowest BCUT2D eigenvalue weighted by Gasteiger charge is -2.11. The minimum absolute atomic E-state index is 0.814. The van der Waals surface area contributed by atoms with E-state index in [-0.39, 0.29) is 0 Å². The molecule has 0 fully saturated rings. The summed E-state index contributed by atoms with van der Waals surface area (Å²) in [5.41, 5.74) is 3.85. The summed E-state index contributed by atoms with van der Waals surface area (Å²) in [6.07, 6.45) is 1.10. The van der Waals surface area contributed by atoms with Gasteiger partial charge in [0, 0.05) is 6.42 Å². The molecule has 0 aliphatic heterocycles. The van der Waals surface area contributed by atoms with Crippen LogP contribution in [0.25, 0.3) is 0 Å². The van der Waals surface area contributed by atoms with Crippen molar-refractivity contribution in [3.63, 3.8) is 0 Å². The van der Waals surface area contributed by atoms with Gasteiger partial charge in [0.15, 0.2) is 0 Å². The maximum absolute atomic E-state index is 5.78. The monoisotopic (exact) mass is 208 g/mol. The van der Waals surface area contributed by atoms with Gasteiger partial charge in [-0.05, 0) is 43.5 Å². The van der Waals surface area contributed by atoms with Gasteiger partial charge in [-0.25, -0.2) is 0 Å². The zero-order valence-electron chi connectivity index (χ0n) is 10.3. The molecule has 0 spiro atoms. The van der Waals surface area contributed by atoms with Crippen LogP contribution in [0.15, 0.2) is 12.1 Å². The standard InChI is InChI=1S/C13H21NO/c1-10-8-11(2)12(3)13(9-10)15-7-5-6-14-4/h8-9,14H,5-7H2,1-4H3/p+1. The van der Waals surface area contributed by atoms with Gasteiger partial charge < -0.3 is 10.1 Å². The van der Waals surface area contributed by atoms with Crippen molar-refractivity contribution in [3.8, 4) is 5.75 Å². The van der Waals surface area contributed by atoms with Gasteiger partial charge in [0.2, 0.25) is 0 Å². The molecule has 2 heteroatoms. The number of rotatable bonds is 5. The number of benzene rings is 1. The number of quaternary nitrogens is 1. The maximum Gasteiger partial charge on any atom is 0.122 e. The highest BCUT2D eigenvalue weighted by molar-refractivity contribution is 5.41. The Morgan fingerprint density at radius 3 is 2.60 bits per heavy atom. The summed E-state index contributed by atoms with van der Waals surface area (Å²) in [4.78, 5) is 0. The fourth-order valence-corrected chi connectivity index (χ4v) is 1.62. The molecule has 0 radical (unpaired) electrons. The molecule has 0 aromatic heterocycles. The molecule has 1 aromatic rings. The Kier molecular flexibility index (Phi) is 4.63. The van der Waals surface area contributed by atoms with Crippen molar-refractivity contribution >= 4 is 0 Å². The number of nitrogens with two attached hydrogens (primary N) is 1. The Morgan fingerprint density at radius 2 is 1.93 bits per heavy atom. The lowest BCUT2D eigenvalue weighted by atomic mass is 10.1. The first kappa shape index (κ1) is 12.1. The summed E-state index contributed by atoms with van der Waals surface area (Å²) in [5.74, 6) is 1.05. The molecule has 1 aromatic carbocycles. The van der Waals surface area contributed by atoms with Gasteiger partial charge in [0.1, 0.15) is 5.75 Å². The predicted molar refractivity (Wildman–Crippen MR) is 63.5 cm³/mol. The minimum atomic E-state index is 0.814. The van der Waals surface area contributed by atoms with Crippen molar-refractivity contribution in [3.05, 3.63) is 28.8 Å². The second kappa shape index (κ2) is 5.76. The molecule has 0 saturated heterocycles. The van der Waals surface area contributed by atoms with Crippen LogP contribution in [0.2, 0.25) is 0 Å². The Morgan fingerprint density at radius 1 is 1.20 bits per heavy atom. The highest BCUT2D eigenvalue weighted by Gasteiger charge is 2.03. The fraction of sp³-hybridized carbons (Fsp3) is 0.538. The van der Waals surface area contributed by atoms with Gasteiger partial charge in [-0.2, -0.15) is 0 Å². The van der Waals surface area contributed by atoms with Crippen molar-refractivity contribution in [1.29, 1.82) is 0 Å². The molecule has 0 heterocycles. The van der Waals surface area contributed by atoms with E-state index < -0.39 is 0 Å². The Balaban J connectivity index is 2.60. The lowest BCUT2D eigenvalue weighted by molar-refractivity contribution is -0.627. The molecule has 0 saturated carbocycles. The van der Waals surface area contributed by atoms with Crippen LogP contribution in [0.1, 0.15) is 23.1 Å². The Bertz CT molecular complexity index is 321. The smallest absolute Gasteiger partial charge is 0.122 e. The normalized spacial score (nSPS) is 10.4. The number of aryl methyl sites for hydroxylation is 2. The van der Waals surface area contributed by atoms with E-state index in [1.165, 1.54) is 16.7 Å². The Hall–Kier alpha value is -1.02. The van der Waals surface area contributed by atoms with E-state index in [0.717, 1.165) is 25.3 Å². The SMILES string of the molecule is C[NH2+]CCCOc1cc(C)cc(C)c1C. The van der Waals surface area contributed by atoms with E-state index in [0.29, 0.717) is 0 Å². The van der Waals surface area contributed by atoms with E-state index in [9.17, 15) is 0 Å². The third kappa shape index (κ3) is 3.56. The van der Waals surface area contributed by atoms with Crippen molar-refractivity contribution in [1.82, 2.24) is 0 Å². The maximum atomic E-state index is 5.78. The third-order valence-electron chi connectivity index (χ3n) is 2.66. The first-order valence-electron chi connectivity index (χ1n) is 5.63. The van der Waals surface area contributed by atoms with E-state index in [4.69, 9.17) is 4.74 Å². The van der Waals surface area contributed by atoms with Crippen LogP contribution in [0.4, 0.5) is 0 Å². The average molecular weight is 208 g/mol. The van der Waals surface area contributed by atoms with Crippen LogP contribution in [0, 0.1) is 20.8 Å². The van der Waals surface area contributed by atoms with Crippen LogP contribution in [0.3, 0.4) is 0 Å². The summed E-state index contributed by atoms with van der Waals surface area (Å²) in [7, 11) is 2.09. The van der Waals surface area contributed by atoms with Crippen LogP contribution in [-0.4, -0.2) is 20.2 Å². The number of ether oxygens (including phenoxy) is 1. The molecule has 0 unspecified atom stereocenters. The van der Waals surface area contributed by atoms with Gasteiger partial charge in [-0.1, -0.05) is 6.07 Å². The third-order valence-corrected chi connectivity index (χ3v) is 2.66. The van der Waals surface area contributed by atoms with Gasteiger partial charge in [0.05, 0.1) is 20.2 Å². The molecule has 15 heavy (non-hydrogen) atoms. The summed E-state index contributed by atoms with van der Waals surface area (Å²) in [6.45, 7) is 8.31. The van der Waals surface area contributed by atoms with Crippen LogP contribution >= 0.6 is 0 Å². The van der Waals surface area contributed by atoms with Crippen molar-refractivity contribution in [2.24, 2.45) is 0 Å². The van der Waals surface area contributed by atoms with Gasteiger partial charge >= 0.3 is 0 Å². The van der Waals surface area contributed by atoms with Crippen LogP contribution < -0.4 is 10.1 Å². The summed E-state index contributed by atoms with van der Waals surface area (Å²) < 4.78 is 5.78. The molecule has 0 amide bonds. The highest BCUT2D eigenvalue weighted by Crippen LogP contribution is 2.23. The molecule has 84 valence electrons. The lowest BCUT2D eigenvalue weighted by Crippen LogP contribution is -2.79. The number of hydrogen-bond acceptors (Lipinski definition) is 1.